The van der Waals surface area contributed by atoms with Crippen molar-refractivity contribution < 1.29 is 4.79 Å². The van der Waals surface area contributed by atoms with Crippen LogP contribution in [0.15, 0.2) is 30.3 Å². The van der Waals surface area contributed by atoms with Crippen molar-refractivity contribution in [1.29, 1.82) is 0 Å². The molecule has 1 aromatic rings. The van der Waals surface area contributed by atoms with Crippen molar-refractivity contribution in [1.82, 2.24) is 15.1 Å². The Labute approximate surface area is 128 Å². The smallest absolute Gasteiger partial charge is 0.236 e. The Morgan fingerprint density at radius 2 is 2.05 bits per heavy atom. The second kappa shape index (κ2) is 8.15. The van der Waals surface area contributed by atoms with Crippen LogP contribution in [0, 0.1) is 5.92 Å². The van der Waals surface area contributed by atoms with Gasteiger partial charge in [-0.05, 0) is 44.5 Å². The molecule has 1 saturated heterocycles. The average Bonchev–Trinajstić information content (AvgIpc) is 2.49. The lowest BCUT2D eigenvalue weighted by Crippen LogP contribution is -2.41. The standard InChI is InChI=1S/C17H27N3O/c1-19(12-16-9-6-10-18-11-16)14-17(21)20(2)13-15-7-4-3-5-8-15/h3-5,7-8,16,18H,6,9-14H2,1-2H3. The fraction of sp³-hybridized carbons (Fsp3) is 0.588. The van der Waals surface area contributed by atoms with E-state index in [0.29, 0.717) is 19.0 Å². The van der Waals surface area contributed by atoms with E-state index in [-0.39, 0.29) is 5.91 Å². The molecule has 21 heavy (non-hydrogen) atoms. The van der Waals surface area contributed by atoms with Crippen LogP contribution in [-0.2, 0) is 11.3 Å². The fourth-order valence-corrected chi connectivity index (χ4v) is 2.88. The summed E-state index contributed by atoms with van der Waals surface area (Å²) in [5.41, 5.74) is 1.17. The Kier molecular flexibility index (Phi) is 6.21. The van der Waals surface area contributed by atoms with E-state index in [9.17, 15) is 4.79 Å². The normalized spacial score (nSPS) is 18.7. The summed E-state index contributed by atoms with van der Waals surface area (Å²) in [5, 5.41) is 3.43. The first-order valence-corrected chi connectivity index (χ1v) is 7.82. The maximum Gasteiger partial charge on any atom is 0.236 e. The molecule has 0 saturated carbocycles. The molecule has 1 N–H and O–H groups in total. The van der Waals surface area contributed by atoms with Crippen LogP contribution in [0.4, 0.5) is 0 Å². The summed E-state index contributed by atoms with van der Waals surface area (Å²) in [4.78, 5) is 16.2. The van der Waals surface area contributed by atoms with E-state index in [1.807, 2.05) is 37.2 Å². The number of likely N-dealkylation sites (N-methyl/N-ethyl adjacent to an activating group) is 2. The number of carbonyl (C=O) groups excluding carboxylic acids is 1. The molecule has 1 aliphatic rings. The number of amides is 1. The van der Waals surface area contributed by atoms with Gasteiger partial charge in [-0.15, -0.1) is 0 Å². The largest absolute Gasteiger partial charge is 0.340 e. The lowest BCUT2D eigenvalue weighted by Gasteiger charge is -2.28. The average molecular weight is 289 g/mol. The minimum Gasteiger partial charge on any atom is -0.340 e. The van der Waals surface area contributed by atoms with Gasteiger partial charge >= 0.3 is 0 Å². The third-order valence-electron chi connectivity index (χ3n) is 4.06. The zero-order valence-corrected chi connectivity index (χ0v) is 13.2. The fourth-order valence-electron chi connectivity index (χ4n) is 2.88. The van der Waals surface area contributed by atoms with Crippen LogP contribution < -0.4 is 5.32 Å². The minimum atomic E-state index is 0.185. The number of hydrogen-bond acceptors (Lipinski definition) is 3. The molecule has 4 heteroatoms. The van der Waals surface area contributed by atoms with E-state index < -0.39 is 0 Å². The molecular weight excluding hydrogens is 262 g/mol. The van der Waals surface area contributed by atoms with Gasteiger partial charge in [-0.2, -0.15) is 0 Å². The van der Waals surface area contributed by atoms with E-state index >= 15 is 0 Å². The number of rotatable bonds is 6. The first-order chi connectivity index (χ1) is 10.1. The van der Waals surface area contributed by atoms with Gasteiger partial charge in [0, 0.05) is 20.1 Å². The maximum atomic E-state index is 12.3. The molecule has 2 rings (SSSR count). The number of nitrogens with zero attached hydrogens (tertiary/aromatic N) is 2. The highest BCUT2D eigenvalue weighted by molar-refractivity contribution is 5.77. The maximum absolute atomic E-state index is 12.3. The molecule has 0 aromatic heterocycles. The van der Waals surface area contributed by atoms with Crippen LogP contribution in [0.1, 0.15) is 18.4 Å². The molecule has 0 bridgehead atoms. The zero-order valence-electron chi connectivity index (χ0n) is 13.2. The Hall–Kier alpha value is -1.39. The topological polar surface area (TPSA) is 35.6 Å². The highest BCUT2D eigenvalue weighted by Gasteiger charge is 2.17. The van der Waals surface area contributed by atoms with Crippen LogP contribution in [0.2, 0.25) is 0 Å². The monoisotopic (exact) mass is 289 g/mol. The zero-order chi connectivity index (χ0) is 15.1. The summed E-state index contributed by atoms with van der Waals surface area (Å²) in [5.74, 6) is 0.862. The number of piperidine rings is 1. The molecule has 1 fully saturated rings. The van der Waals surface area contributed by atoms with Crippen molar-refractivity contribution in [2.45, 2.75) is 19.4 Å². The van der Waals surface area contributed by atoms with E-state index in [2.05, 4.69) is 22.3 Å². The second-order valence-corrected chi connectivity index (χ2v) is 6.14. The van der Waals surface area contributed by atoms with Crippen molar-refractivity contribution in [3.63, 3.8) is 0 Å². The summed E-state index contributed by atoms with van der Waals surface area (Å²) in [6, 6.07) is 10.1. The van der Waals surface area contributed by atoms with Gasteiger partial charge in [0.1, 0.15) is 0 Å². The van der Waals surface area contributed by atoms with Gasteiger partial charge in [0.25, 0.3) is 0 Å². The quantitative estimate of drug-likeness (QED) is 0.863. The molecule has 0 spiro atoms. The molecular formula is C17H27N3O. The van der Waals surface area contributed by atoms with E-state index in [1.54, 1.807) is 0 Å². The molecule has 0 aliphatic carbocycles. The predicted octanol–water partition coefficient (Wildman–Crippen LogP) is 1.58. The number of nitrogens with one attached hydrogen (secondary N) is 1. The molecule has 116 valence electrons. The summed E-state index contributed by atoms with van der Waals surface area (Å²) < 4.78 is 0. The van der Waals surface area contributed by atoms with Crippen molar-refractivity contribution in [2.75, 3.05) is 40.3 Å². The molecule has 0 radical (unpaired) electrons. The Morgan fingerprint density at radius 1 is 1.29 bits per heavy atom. The molecule has 1 unspecified atom stereocenters. The van der Waals surface area contributed by atoms with Crippen LogP contribution in [-0.4, -0.2) is 56.0 Å². The second-order valence-electron chi connectivity index (χ2n) is 6.14. The summed E-state index contributed by atoms with van der Waals surface area (Å²) in [6.07, 6.45) is 2.52. The molecule has 4 nitrogen and oxygen atoms in total. The van der Waals surface area contributed by atoms with E-state index in [0.717, 1.165) is 19.6 Å². The van der Waals surface area contributed by atoms with Crippen molar-refractivity contribution in [3.05, 3.63) is 35.9 Å². The third-order valence-corrected chi connectivity index (χ3v) is 4.06. The summed E-state index contributed by atoms with van der Waals surface area (Å²) in [6.45, 7) is 4.40. The van der Waals surface area contributed by atoms with E-state index in [1.165, 1.54) is 18.4 Å². The van der Waals surface area contributed by atoms with Gasteiger partial charge in [0.2, 0.25) is 5.91 Å². The summed E-state index contributed by atoms with van der Waals surface area (Å²) >= 11 is 0. The minimum absolute atomic E-state index is 0.185. The number of benzene rings is 1. The van der Waals surface area contributed by atoms with Crippen molar-refractivity contribution in [3.8, 4) is 0 Å². The molecule has 1 amide bonds. The van der Waals surface area contributed by atoms with Gasteiger partial charge < -0.3 is 10.2 Å². The van der Waals surface area contributed by atoms with Gasteiger partial charge in [-0.25, -0.2) is 0 Å². The molecule has 1 aromatic carbocycles. The van der Waals surface area contributed by atoms with Gasteiger partial charge in [0.15, 0.2) is 0 Å². The van der Waals surface area contributed by atoms with E-state index in [4.69, 9.17) is 0 Å². The Bertz CT molecular complexity index is 429. The molecule has 1 atom stereocenters. The highest BCUT2D eigenvalue weighted by Crippen LogP contribution is 2.11. The SMILES string of the molecule is CN(CC(=O)N(C)Cc1ccccc1)CC1CCCNC1. The molecule has 1 heterocycles. The van der Waals surface area contributed by atoms with Gasteiger partial charge in [-0.3, -0.25) is 9.69 Å². The Balaban J connectivity index is 1.74. The number of hydrogen-bond donors (Lipinski definition) is 1. The molecule has 1 aliphatic heterocycles. The van der Waals surface area contributed by atoms with Gasteiger partial charge in [0.05, 0.1) is 6.54 Å². The lowest BCUT2D eigenvalue weighted by atomic mass is 9.99. The van der Waals surface area contributed by atoms with Crippen molar-refractivity contribution in [2.24, 2.45) is 5.92 Å². The highest BCUT2D eigenvalue weighted by atomic mass is 16.2. The van der Waals surface area contributed by atoms with Gasteiger partial charge in [-0.1, -0.05) is 30.3 Å². The third kappa shape index (κ3) is 5.48. The Morgan fingerprint density at radius 3 is 2.71 bits per heavy atom. The first-order valence-electron chi connectivity index (χ1n) is 7.82. The van der Waals surface area contributed by atoms with Crippen LogP contribution in [0.25, 0.3) is 0 Å². The lowest BCUT2D eigenvalue weighted by molar-refractivity contribution is -0.131. The van der Waals surface area contributed by atoms with Crippen LogP contribution in [0.3, 0.4) is 0 Å². The van der Waals surface area contributed by atoms with Crippen LogP contribution >= 0.6 is 0 Å². The van der Waals surface area contributed by atoms with Crippen molar-refractivity contribution >= 4 is 5.91 Å². The predicted molar refractivity (Wildman–Crippen MR) is 86.0 cm³/mol. The number of carbonyl (C=O) groups is 1. The first kappa shape index (κ1) is 16.0. The van der Waals surface area contributed by atoms with Crippen LogP contribution in [0.5, 0.6) is 0 Å². The summed E-state index contributed by atoms with van der Waals surface area (Å²) in [7, 11) is 3.92.